The molecule has 0 radical (unpaired) electrons. The quantitative estimate of drug-likeness (QED) is 0.643. The van der Waals surface area contributed by atoms with Crippen molar-refractivity contribution in [2.24, 2.45) is 0 Å². The van der Waals surface area contributed by atoms with E-state index < -0.39 is 0 Å². The summed E-state index contributed by atoms with van der Waals surface area (Å²) in [6.45, 7) is 1.29. The number of hydrogen-bond acceptors (Lipinski definition) is 6. The molecular weight excluding hydrogens is 382 g/mol. The number of hydrogen-bond donors (Lipinski definition) is 1. The van der Waals surface area contributed by atoms with E-state index in [9.17, 15) is 4.79 Å². The minimum absolute atomic E-state index is 0.108. The monoisotopic (exact) mass is 405 g/mol. The zero-order valence-corrected chi connectivity index (χ0v) is 16.7. The highest BCUT2D eigenvalue weighted by molar-refractivity contribution is 5.95. The van der Waals surface area contributed by atoms with Crippen molar-refractivity contribution in [2.45, 2.75) is 18.9 Å². The predicted octanol–water partition coefficient (Wildman–Crippen LogP) is 3.85. The molecule has 154 valence electrons. The van der Waals surface area contributed by atoms with Gasteiger partial charge in [-0.25, -0.2) is 9.97 Å². The maximum atomic E-state index is 12.5. The fraction of sp³-hybridized carbons (Fsp3) is 0.261. The molecule has 2 aromatic carbocycles. The molecule has 7 heteroatoms. The van der Waals surface area contributed by atoms with E-state index >= 15 is 0 Å². The average molecular weight is 405 g/mol. The van der Waals surface area contributed by atoms with Gasteiger partial charge in [-0.3, -0.25) is 4.79 Å². The summed E-state index contributed by atoms with van der Waals surface area (Å²) in [5.74, 6) is 1.68. The molecule has 30 heavy (non-hydrogen) atoms. The summed E-state index contributed by atoms with van der Waals surface area (Å²) in [5, 5.41) is 2.94. The van der Waals surface area contributed by atoms with E-state index in [-0.39, 0.29) is 12.0 Å². The van der Waals surface area contributed by atoms with Crippen LogP contribution in [0.25, 0.3) is 11.3 Å². The number of rotatable bonds is 7. The highest BCUT2D eigenvalue weighted by Crippen LogP contribution is 2.26. The van der Waals surface area contributed by atoms with Crippen molar-refractivity contribution in [3.63, 3.8) is 0 Å². The molecular formula is C23H23N3O4. The third-order valence-electron chi connectivity index (χ3n) is 4.86. The van der Waals surface area contributed by atoms with Gasteiger partial charge in [-0.05, 0) is 49.2 Å². The molecule has 1 saturated heterocycles. The number of amides is 1. The van der Waals surface area contributed by atoms with Crippen LogP contribution in [0.2, 0.25) is 0 Å². The molecule has 0 unspecified atom stereocenters. The SMILES string of the molecule is COc1ccc(Oc2cc(-c3cccc(C(=O)NC[C@@H]4CCCO4)c3)ncn2)cc1. The van der Waals surface area contributed by atoms with Crippen molar-refractivity contribution < 1.29 is 19.0 Å². The third-order valence-corrected chi connectivity index (χ3v) is 4.86. The number of ether oxygens (including phenoxy) is 3. The lowest BCUT2D eigenvalue weighted by molar-refractivity contribution is 0.0858. The van der Waals surface area contributed by atoms with Crippen LogP contribution in [0, 0.1) is 0 Å². The Morgan fingerprint density at radius 2 is 1.97 bits per heavy atom. The lowest BCUT2D eigenvalue weighted by Crippen LogP contribution is -2.31. The number of benzene rings is 2. The van der Waals surface area contributed by atoms with Crippen molar-refractivity contribution in [1.29, 1.82) is 0 Å². The van der Waals surface area contributed by atoms with Crippen LogP contribution in [-0.4, -0.2) is 42.2 Å². The summed E-state index contributed by atoms with van der Waals surface area (Å²) in [6, 6.07) is 16.3. The fourth-order valence-corrected chi connectivity index (χ4v) is 3.25. The molecule has 1 aromatic heterocycles. The molecule has 1 aliphatic heterocycles. The minimum Gasteiger partial charge on any atom is -0.497 e. The Labute approximate surface area is 175 Å². The lowest BCUT2D eigenvalue weighted by atomic mass is 10.1. The first-order valence-electron chi connectivity index (χ1n) is 9.85. The Hall–Kier alpha value is -3.45. The Bertz CT molecular complexity index is 1000. The highest BCUT2D eigenvalue weighted by Gasteiger charge is 2.17. The van der Waals surface area contributed by atoms with Gasteiger partial charge in [0, 0.05) is 30.3 Å². The third kappa shape index (κ3) is 4.93. The topological polar surface area (TPSA) is 82.6 Å². The molecule has 1 fully saturated rings. The second-order valence-corrected chi connectivity index (χ2v) is 6.94. The molecule has 1 N–H and O–H groups in total. The first-order chi connectivity index (χ1) is 14.7. The number of nitrogens with one attached hydrogen (secondary N) is 1. The summed E-state index contributed by atoms with van der Waals surface area (Å²) in [7, 11) is 1.61. The van der Waals surface area contributed by atoms with Gasteiger partial charge in [-0.1, -0.05) is 12.1 Å². The molecule has 1 amide bonds. The molecule has 0 spiro atoms. The molecule has 7 nitrogen and oxygen atoms in total. The second-order valence-electron chi connectivity index (χ2n) is 6.94. The van der Waals surface area contributed by atoms with Gasteiger partial charge < -0.3 is 19.5 Å². The number of methoxy groups -OCH3 is 1. The highest BCUT2D eigenvalue weighted by atomic mass is 16.5. The summed E-state index contributed by atoms with van der Waals surface area (Å²) in [4.78, 5) is 21.0. The summed E-state index contributed by atoms with van der Waals surface area (Å²) in [6.07, 6.45) is 3.58. The first kappa shape index (κ1) is 19.8. The van der Waals surface area contributed by atoms with Gasteiger partial charge in [0.1, 0.15) is 17.8 Å². The van der Waals surface area contributed by atoms with Gasteiger partial charge in [-0.2, -0.15) is 0 Å². The summed E-state index contributed by atoms with van der Waals surface area (Å²) < 4.78 is 16.5. The minimum atomic E-state index is -0.129. The Balaban J connectivity index is 1.46. The van der Waals surface area contributed by atoms with Crippen molar-refractivity contribution in [3.8, 4) is 28.6 Å². The molecule has 1 atom stereocenters. The van der Waals surface area contributed by atoms with Crippen molar-refractivity contribution in [1.82, 2.24) is 15.3 Å². The maximum absolute atomic E-state index is 12.5. The second kappa shape index (κ2) is 9.37. The Morgan fingerprint density at radius 3 is 2.73 bits per heavy atom. The number of carbonyl (C=O) groups excluding carboxylic acids is 1. The largest absolute Gasteiger partial charge is 0.497 e. The smallest absolute Gasteiger partial charge is 0.251 e. The van der Waals surface area contributed by atoms with Gasteiger partial charge in [0.05, 0.1) is 18.9 Å². The van der Waals surface area contributed by atoms with Crippen LogP contribution in [0.4, 0.5) is 0 Å². The number of aromatic nitrogens is 2. The van der Waals surface area contributed by atoms with E-state index in [1.807, 2.05) is 30.3 Å². The van der Waals surface area contributed by atoms with Gasteiger partial charge in [0.15, 0.2) is 0 Å². The summed E-state index contributed by atoms with van der Waals surface area (Å²) in [5.41, 5.74) is 2.05. The zero-order valence-electron chi connectivity index (χ0n) is 16.7. The van der Waals surface area contributed by atoms with Crippen LogP contribution in [0.1, 0.15) is 23.2 Å². The van der Waals surface area contributed by atoms with Crippen LogP contribution in [0.15, 0.2) is 60.9 Å². The Morgan fingerprint density at radius 1 is 1.13 bits per heavy atom. The van der Waals surface area contributed by atoms with E-state index in [1.165, 1.54) is 6.33 Å². The molecule has 0 aliphatic carbocycles. The normalized spacial score (nSPS) is 15.6. The standard InChI is InChI=1S/C23H23N3O4/c1-28-18-7-9-19(10-8-18)30-22-13-21(25-15-26-22)16-4-2-5-17(12-16)23(27)24-14-20-6-3-11-29-20/h2,4-5,7-10,12-13,15,20H,3,6,11,14H2,1H3,(H,24,27)/t20-/m0/s1. The Kier molecular flexibility index (Phi) is 6.20. The van der Waals surface area contributed by atoms with Crippen molar-refractivity contribution in [2.75, 3.05) is 20.3 Å². The average Bonchev–Trinajstić information content (AvgIpc) is 3.32. The lowest BCUT2D eigenvalue weighted by Gasteiger charge is -2.11. The van der Waals surface area contributed by atoms with Gasteiger partial charge in [-0.15, -0.1) is 0 Å². The van der Waals surface area contributed by atoms with Crippen molar-refractivity contribution >= 4 is 5.91 Å². The van der Waals surface area contributed by atoms with E-state index in [4.69, 9.17) is 14.2 Å². The molecule has 0 saturated carbocycles. The maximum Gasteiger partial charge on any atom is 0.251 e. The van der Waals surface area contributed by atoms with Crippen molar-refractivity contribution in [3.05, 3.63) is 66.5 Å². The molecule has 1 aliphatic rings. The number of carbonyl (C=O) groups is 1. The van der Waals surface area contributed by atoms with Gasteiger partial charge >= 0.3 is 0 Å². The van der Waals surface area contributed by atoms with Crippen LogP contribution in [0.3, 0.4) is 0 Å². The number of nitrogens with zero attached hydrogens (tertiary/aromatic N) is 2. The van der Waals surface area contributed by atoms with E-state index in [0.717, 1.165) is 30.8 Å². The van der Waals surface area contributed by atoms with Crippen LogP contribution >= 0.6 is 0 Å². The van der Waals surface area contributed by atoms with Gasteiger partial charge in [0.25, 0.3) is 5.91 Å². The van der Waals surface area contributed by atoms with Crippen LogP contribution in [-0.2, 0) is 4.74 Å². The van der Waals surface area contributed by atoms with E-state index in [0.29, 0.717) is 29.4 Å². The molecule has 2 heterocycles. The molecule has 4 rings (SSSR count). The first-order valence-corrected chi connectivity index (χ1v) is 9.85. The zero-order chi connectivity index (χ0) is 20.8. The summed E-state index contributed by atoms with van der Waals surface area (Å²) >= 11 is 0. The molecule has 0 bridgehead atoms. The van der Waals surface area contributed by atoms with Crippen LogP contribution < -0.4 is 14.8 Å². The van der Waals surface area contributed by atoms with E-state index in [2.05, 4.69) is 15.3 Å². The van der Waals surface area contributed by atoms with Crippen LogP contribution in [0.5, 0.6) is 17.4 Å². The van der Waals surface area contributed by atoms with Gasteiger partial charge in [0.2, 0.25) is 5.88 Å². The predicted molar refractivity (Wildman–Crippen MR) is 112 cm³/mol. The molecule has 3 aromatic rings. The fourth-order valence-electron chi connectivity index (χ4n) is 3.25. The van der Waals surface area contributed by atoms with E-state index in [1.54, 1.807) is 31.4 Å².